The van der Waals surface area contributed by atoms with Gasteiger partial charge in [0.05, 0.1) is 16.5 Å². The number of nitrogens with zero attached hydrogens (tertiary/aromatic N) is 1. The zero-order valence-corrected chi connectivity index (χ0v) is 13.6. The molecule has 0 aliphatic carbocycles. The Morgan fingerprint density at radius 2 is 2.00 bits per heavy atom. The highest BCUT2D eigenvalue weighted by Gasteiger charge is 2.16. The molecule has 0 radical (unpaired) electrons. The molecular formula is C16H13BrN2OS. The number of nitriles is 1. The van der Waals surface area contributed by atoms with Gasteiger partial charge in [-0.15, -0.1) is 0 Å². The predicted molar refractivity (Wildman–Crippen MR) is 90.4 cm³/mol. The minimum absolute atomic E-state index is 0.225. The van der Waals surface area contributed by atoms with Crippen LogP contribution in [0.3, 0.4) is 0 Å². The van der Waals surface area contributed by atoms with E-state index in [1.165, 1.54) is 0 Å². The van der Waals surface area contributed by atoms with Crippen molar-refractivity contribution in [2.75, 3.05) is 5.32 Å². The van der Waals surface area contributed by atoms with Gasteiger partial charge >= 0.3 is 0 Å². The van der Waals surface area contributed by atoms with E-state index in [0.29, 0.717) is 17.7 Å². The van der Waals surface area contributed by atoms with Crippen molar-refractivity contribution in [3.8, 4) is 6.07 Å². The van der Waals surface area contributed by atoms with E-state index in [1.807, 2.05) is 30.3 Å². The Morgan fingerprint density at radius 3 is 2.67 bits per heavy atom. The number of rotatable bonds is 4. The summed E-state index contributed by atoms with van der Waals surface area (Å²) in [5, 5.41) is 11.3. The van der Waals surface area contributed by atoms with Crippen LogP contribution in [-0.4, -0.2) is 11.2 Å². The monoisotopic (exact) mass is 360 g/mol. The largest absolute Gasteiger partial charge is 0.324 e. The summed E-state index contributed by atoms with van der Waals surface area (Å²) in [5.41, 5.74) is 1.96. The minimum Gasteiger partial charge on any atom is -0.324 e. The maximum atomic E-state index is 12.2. The second kappa shape index (κ2) is 7.30. The van der Waals surface area contributed by atoms with Gasteiger partial charge in [0.1, 0.15) is 6.07 Å². The number of halogens is 1. The number of benzene rings is 2. The summed E-state index contributed by atoms with van der Waals surface area (Å²) in [6.07, 6.45) is 0.533. The van der Waals surface area contributed by atoms with Gasteiger partial charge in [0.2, 0.25) is 5.91 Å². The molecule has 0 fully saturated rings. The quantitative estimate of drug-likeness (QED) is 0.814. The molecule has 0 saturated heterocycles. The molecule has 0 aliphatic rings. The second-order valence-corrected chi connectivity index (χ2v) is 6.04. The third kappa shape index (κ3) is 4.35. The third-order valence-corrected chi connectivity index (χ3v) is 3.84. The van der Waals surface area contributed by atoms with Gasteiger partial charge in [0.15, 0.2) is 0 Å². The van der Waals surface area contributed by atoms with Crippen LogP contribution in [0.1, 0.15) is 11.1 Å². The Morgan fingerprint density at radius 1 is 1.29 bits per heavy atom. The predicted octanol–water partition coefficient (Wildman–Crippen LogP) is 3.80. The molecule has 2 aromatic rings. The molecule has 0 aromatic heterocycles. The molecular weight excluding hydrogens is 348 g/mol. The number of hydrogen-bond donors (Lipinski definition) is 2. The maximum Gasteiger partial charge on any atom is 0.237 e. The van der Waals surface area contributed by atoms with Crippen molar-refractivity contribution in [1.82, 2.24) is 0 Å². The Hall–Kier alpha value is -1.77. The van der Waals surface area contributed by atoms with E-state index in [9.17, 15) is 4.79 Å². The number of thiol groups is 1. The van der Waals surface area contributed by atoms with Crippen molar-refractivity contribution in [1.29, 1.82) is 5.26 Å². The van der Waals surface area contributed by atoms with Crippen LogP contribution in [0.15, 0.2) is 53.0 Å². The van der Waals surface area contributed by atoms with Crippen LogP contribution in [-0.2, 0) is 11.2 Å². The van der Waals surface area contributed by atoms with Crippen LogP contribution < -0.4 is 5.32 Å². The van der Waals surface area contributed by atoms with Crippen molar-refractivity contribution >= 4 is 40.2 Å². The van der Waals surface area contributed by atoms with E-state index in [-0.39, 0.29) is 5.91 Å². The molecule has 0 bridgehead atoms. The highest BCUT2D eigenvalue weighted by atomic mass is 79.9. The topological polar surface area (TPSA) is 52.9 Å². The summed E-state index contributed by atoms with van der Waals surface area (Å²) < 4.78 is 0.801. The summed E-state index contributed by atoms with van der Waals surface area (Å²) in [7, 11) is 0. The molecule has 1 amide bonds. The van der Waals surface area contributed by atoms with Gasteiger partial charge in [0.25, 0.3) is 0 Å². The SMILES string of the molecule is N#Cc1ccc(Br)cc1NC(=O)C(S)Cc1ccccc1. The first kappa shape index (κ1) is 15.6. The number of carbonyl (C=O) groups excluding carboxylic acids is 1. The molecule has 2 rings (SSSR count). The van der Waals surface area contributed by atoms with Crippen molar-refractivity contribution in [3.05, 3.63) is 64.1 Å². The Kier molecular flexibility index (Phi) is 5.43. The summed E-state index contributed by atoms with van der Waals surface area (Å²) in [6.45, 7) is 0. The van der Waals surface area contributed by atoms with E-state index >= 15 is 0 Å². The van der Waals surface area contributed by atoms with E-state index in [4.69, 9.17) is 5.26 Å². The number of nitrogens with one attached hydrogen (secondary N) is 1. The lowest BCUT2D eigenvalue weighted by atomic mass is 10.1. The molecule has 106 valence electrons. The van der Waals surface area contributed by atoms with Gasteiger partial charge in [-0.25, -0.2) is 0 Å². The number of carbonyl (C=O) groups is 1. The van der Waals surface area contributed by atoms with Crippen LogP contribution in [0.25, 0.3) is 0 Å². The van der Waals surface area contributed by atoms with Crippen molar-refractivity contribution in [3.63, 3.8) is 0 Å². The Balaban J connectivity index is 2.08. The molecule has 3 nitrogen and oxygen atoms in total. The molecule has 1 N–H and O–H groups in total. The lowest BCUT2D eigenvalue weighted by Gasteiger charge is -2.13. The summed E-state index contributed by atoms with van der Waals surface area (Å²) in [6, 6.07) is 16.9. The van der Waals surface area contributed by atoms with Gasteiger partial charge in [0, 0.05) is 4.47 Å². The number of anilines is 1. The van der Waals surface area contributed by atoms with Crippen LogP contribution in [0, 0.1) is 11.3 Å². The molecule has 1 atom stereocenters. The van der Waals surface area contributed by atoms with Gasteiger partial charge in [-0.1, -0.05) is 46.3 Å². The highest BCUT2D eigenvalue weighted by molar-refractivity contribution is 9.10. The number of hydrogen-bond acceptors (Lipinski definition) is 3. The molecule has 2 aromatic carbocycles. The molecule has 0 heterocycles. The van der Waals surface area contributed by atoms with E-state index < -0.39 is 5.25 Å². The van der Waals surface area contributed by atoms with Crippen LogP contribution in [0.2, 0.25) is 0 Å². The molecule has 21 heavy (non-hydrogen) atoms. The third-order valence-electron chi connectivity index (χ3n) is 2.93. The van der Waals surface area contributed by atoms with Gasteiger partial charge in [-0.05, 0) is 30.2 Å². The lowest BCUT2D eigenvalue weighted by Crippen LogP contribution is -2.25. The maximum absolute atomic E-state index is 12.2. The van der Waals surface area contributed by atoms with Crippen LogP contribution >= 0.6 is 28.6 Å². The fraction of sp³-hybridized carbons (Fsp3) is 0.125. The summed E-state index contributed by atoms with van der Waals surface area (Å²) in [4.78, 5) is 12.2. The van der Waals surface area contributed by atoms with Gasteiger partial charge in [-0.3, -0.25) is 4.79 Å². The first-order valence-electron chi connectivity index (χ1n) is 6.32. The highest BCUT2D eigenvalue weighted by Crippen LogP contribution is 2.21. The normalized spacial score (nSPS) is 11.5. The van der Waals surface area contributed by atoms with Crippen molar-refractivity contribution < 1.29 is 4.79 Å². The Bertz CT molecular complexity index is 682. The molecule has 1 unspecified atom stereocenters. The van der Waals surface area contributed by atoms with Crippen LogP contribution in [0.5, 0.6) is 0 Å². The molecule has 0 spiro atoms. The van der Waals surface area contributed by atoms with Gasteiger partial charge in [-0.2, -0.15) is 17.9 Å². The summed E-state index contributed by atoms with van der Waals surface area (Å²) in [5.74, 6) is -0.225. The first-order valence-corrected chi connectivity index (χ1v) is 7.63. The number of amides is 1. The zero-order chi connectivity index (χ0) is 15.2. The first-order chi connectivity index (χ1) is 10.1. The van der Waals surface area contributed by atoms with Crippen molar-refractivity contribution in [2.24, 2.45) is 0 Å². The molecule has 0 saturated carbocycles. The van der Waals surface area contributed by atoms with E-state index in [1.54, 1.807) is 18.2 Å². The molecule has 0 aliphatic heterocycles. The standard InChI is InChI=1S/C16H13BrN2OS/c17-13-7-6-12(10-18)14(9-13)19-16(20)15(21)8-11-4-2-1-3-5-11/h1-7,9,15,21H,8H2,(H,19,20). The summed E-state index contributed by atoms with van der Waals surface area (Å²) >= 11 is 7.68. The minimum atomic E-state index is -0.474. The van der Waals surface area contributed by atoms with Gasteiger partial charge < -0.3 is 5.32 Å². The fourth-order valence-corrected chi connectivity index (χ4v) is 2.50. The van der Waals surface area contributed by atoms with E-state index in [2.05, 4.69) is 39.9 Å². The molecule has 5 heteroatoms. The zero-order valence-electron chi connectivity index (χ0n) is 11.1. The average Bonchev–Trinajstić information content (AvgIpc) is 2.48. The fourth-order valence-electron chi connectivity index (χ4n) is 1.86. The van der Waals surface area contributed by atoms with E-state index in [0.717, 1.165) is 10.0 Å². The smallest absolute Gasteiger partial charge is 0.237 e. The second-order valence-electron chi connectivity index (χ2n) is 4.50. The Labute approximate surface area is 137 Å². The lowest BCUT2D eigenvalue weighted by molar-refractivity contribution is -0.115. The average molecular weight is 361 g/mol. The van der Waals surface area contributed by atoms with Crippen LogP contribution in [0.4, 0.5) is 5.69 Å². The van der Waals surface area contributed by atoms with Crippen molar-refractivity contribution in [2.45, 2.75) is 11.7 Å².